The molecule has 0 aliphatic heterocycles. The number of benzene rings is 1. The third-order valence-electron chi connectivity index (χ3n) is 4.66. The van der Waals surface area contributed by atoms with Crippen LogP contribution in [0.3, 0.4) is 0 Å². The Morgan fingerprint density at radius 1 is 1.21 bits per heavy atom. The Bertz CT molecular complexity index is 886. The lowest BCUT2D eigenvalue weighted by molar-refractivity contribution is -0.122. The molecule has 1 aromatic rings. The van der Waals surface area contributed by atoms with E-state index in [9.17, 15) is 9.59 Å². The van der Waals surface area contributed by atoms with Crippen molar-refractivity contribution < 1.29 is 19.4 Å². The molecule has 0 heterocycles. The summed E-state index contributed by atoms with van der Waals surface area (Å²) in [6.07, 6.45) is 7.46. The van der Waals surface area contributed by atoms with Crippen molar-refractivity contribution in [2.45, 2.75) is 47.1 Å². The maximum absolute atomic E-state index is 12.6. The molecule has 186 valence electrons. The van der Waals surface area contributed by atoms with E-state index in [0.717, 1.165) is 29.7 Å². The van der Waals surface area contributed by atoms with Gasteiger partial charge >= 0.3 is 5.97 Å². The van der Waals surface area contributed by atoms with Gasteiger partial charge in [0.15, 0.2) is 6.73 Å². The predicted octanol–water partition coefficient (Wildman–Crippen LogP) is 5.54. The zero-order chi connectivity index (χ0) is 26.1. The lowest BCUT2D eigenvalue weighted by Gasteiger charge is -2.19. The molecule has 0 radical (unpaired) electrons. The average molecular weight is 470 g/mol. The molecule has 0 aliphatic carbocycles. The molecular weight excluding hydrogens is 430 g/mol. The molecule has 0 saturated heterocycles. The standard InChI is InChI=1S/C25H35N3O4.C2H4/c1-7-10-18(4)15-22(8-2)32-17-28(6)27-19(5)23(9-3)24(29)26-16-20-11-13-21(14-12-20)25(30)31;1-2/h9-15,23H,3,7-8,16-17H2,1-2,4-6H3,(H,26,29)(H,30,31);1-2H2/b18-10-,22-15+,27-19-;. The van der Waals surface area contributed by atoms with Gasteiger partial charge in [0.25, 0.3) is 0 Å². The molecule has 34 heavy (non-hydrogen) atoms. The zero-order valence-electron chi connectivity index (χ0n) is 21.1. The van der Waals surface area contributed by atoms with Crippen molar-refractivity contribution in [1.82, 2.24) is 10.3 Å². The summed E-state index contributed by atoms with van der Waals surface area (Å²) in [5.41, 5.74) is 2.76. The van der Waals surface area contributed by atoms with Crippen molar-refractivity contribution in [2.75, 3.05) is 13.8 Å². The van der Waals surface area contributed by atoms with Crippen LogP contribution in [0.1, 0.15) is 56.5 Å². The maximum atomic E-state index is 12.6. The Hall–Kier alpha value is -3.61. The molecular formula is C27H39N3O4. The van der Waals surface area contributed by atoms with Crippen LogP contribution in [0.4, 0.5) is 0 Å². The van der Waals surface area contributed by atoms with Crippen LogP contribution >= 0.6 is 0 Å². The highest BCUT2D eigenvalue weighted by Gasteiger charge is 2.18. The van der Waals surface area contributed by atoms with Crippen LogP contribution in [0.15, 0.2) is 78.7 Å². The molecule has 7 nitrogen and oxygen atoms in total. The SMILES string of the molecule is C=C.C=CC(C(=O)NCc1ccc(C(=O)O)cc1)/C(C)=N\N(C)CO/C(=C/C(C)=C\CC)CC. The summed E-state index contributed by atoms with van der Waals surface area (Å²) in [4.78, 5) is 23.6. The van der Waals surface area contributed by atoms with E-state index >= 15 is 0 Å². The molecule has 0 saturated carbocycles. The monoisotopic (exact) mass is 469 g/mol. The minimum absolute atomic E-state index is 0.204. The van der Waals surface area contributed by atoms with E-state index in [-0.39, 0.29) is 24.7 Å². The van der Waals surface area contributed by atoms with Gasteiger partial charge in [-0.05, 0) is 44.0 Å². The summed E-state index contributed by atoms with van der Waals surface area (Å²) in [5.74, 6) is -0.931. The molecule has 7 heteroatoms. The topological polar surface area (TPSA) is 91.2 Å². The van der Waals surface area contributed by atoms with Crippen molar-refractivity contribution in [3.05, 3.63) is 84.7 Å². The van der Waals surface area contributed by atoms with Crippen molar-refractivity contribution in [3.8, 4) is 0 Å². The highest BCUT2D eigenvalue weighted by atomic mass is 16.5. The van der Waals surface area contributed by atoms with E-state index in [1.165, 1.54) is 12.1 Å². The van der Waals surface area contributed by atoms with Crippen LogP contribution in [-0.2, 0) is 16.1 Å². The third kappa shape index (κ3) is 11.3. The smallest absolute Gasteiger partial charge is 0.335 e. The highest BCUT2D eigenvalue weighted by Crippen LogP contribution is 2.11. The minimum atomic E-state index is -0.985. The fourth-order valence-corrected chi connectivity index (χ4v) is 2.95. The average Bonchev–Trinajstić information content (AvgIpc) is 2.82. The minimum Gasteiger partial charge on any atom is -0.478 e. The van der Waals surface area contributed by atoms with Gasteiger partial charge in [-0.2, -0.15) is 5.10 Å². The lowest BCUT2D eigenvalue weighted by atomic mass is 10.0. The molecule has 1 atom stereocenters. The van der Waals surface area contributed by atoms with E-state index in [1.54, 1.807) is 37.2 Å². The molecule has 0 spiro atoms. The number of hydrogen-bond acceptors (Lipinski definition) is 5. The number of carbonyl (C=O) groups excluding carboxylic acids is 1. The van der Waals surface area contributed by atoms with Crippen LogP contribution in [0.25, 0.3) is 0 Å². The van der Waals surface area contributed by atoms with Crippen LogP contribution in [0, 0.1) is 5.92 Å². The Kier molecular flexibility index (Phi) is 15.1. The normalized spacial score (nSPS) is 12.7. The largest absolute Gasteiger partial charge is 0.478 e. The number of aromatic carboxylic acids is 1. The number of carboxylic acid groups (broad SMARTS) is 1. The maximum Gasteiger partial charge on any atom is 0.335 e. The Morgan fingerprint density at radius 2 is 1.82 bits per heavy atom. The number of carboxylic acids is 1. The van der Waals surface area contributed by atoms with Crippen LogP contribution < -0.4 is 5.32 Å². The van der Waals surface area contributed by atoms with Gasteiger partial charge in [-0.15, -0.1) is 19.7 Å². The number of nitrogens with one attached hydrogen (secondary N) is 1. The Labute approximate surface area is 204 Å². The number of rotatable bonds is 13. The van der Waals surface area contributed by atoms with Gasteiger partial charge < -0.3 is 15.2 Å². The van der Waals surface area contributed by atoms with Crippen LogP contribution in [0.2, 0.25) is 0 Å². The van der Waals surface area contributed by atoms with Crippen LogP contribution in [0.5, 0.6) is 0 Å². The first kappa shape index (κ1) is 30.4. The number of amides is 1. The summed E-state index contributed by atoms with van der Waals surface area (Å²) in [7, 11) is 1.79. The Morgan fingerprint density at radius 3 is 2.32 bits per heavy atom. The summed E-state index contributed by atoms with van der Waals surface area (Å²) >= 11 is 0. The van der Waals surface area contributed by atoms with Crippen molar-refractivity contribution in [2.24, 2.45) is 11.0 Å². The number of allylic oxidation sites excluding steroid dienone is 4. The van der Waals surface area contributed by atoms with Gasteiger partial charge in [-0.3, -0.25) is 9.80 Å². The molecule has 0 aliphatic rings. The number of hydrazone groups is 1. The first-order chi connectivity index (χ1) is 16.2. The molecule has 1 unspecified atom stereocenters. The third-order valence-corrected chi connectivity index (χ3v) is 4.66. The molecule has 0 aromatic heterocycles. The van der Waals surface area contributed by atoms with E-state index in [2.05, 4.69) is 43.2 Å². The summed E-state index contributed by atoms with van der Waals surface area (Å²) < 4.78 is 5.85. The van der Waals surface area contributed by atoms with Gasteiger partial charge in [0, 0.05) is 20.0 Å². The molecule has 1 amide bonds. The molecule has 0 fully saturated rings. The fourth-order valence-electron chi connectivity index (χ4n) is 2.95. The first-order valence-corrected chi connectivity index (χ1v) is 11.2. The van der Waals surface area contributed by atoms with E-state index in [4.69, 9.17) is 9.84 Å². The highest BCUT2D eigenvalue weighted by molar-refractivity contribution is 6.04. The predicted molar refractivity (Wildman–Crippen MR) is 139 cm³/mol. The van der Waals surface area contributed by atoms with Gasteiger partial charge in [-0.1, -0.05) is 43.7 Å². The van der Waals surface area contributed by atoms with Gasteiger partial charge in [-0.25, -0.2) is 4.79 Å². The molecule has 1 aromatic carbocycles. The lowest BCUT2D eigenvalue weighted by Crippen LogP contribution is -2.34. The second kappa shape index (κ2) is 16.9. The second-order valence-corrected chi connectivity index (χ2v) is 7.43. The zero-order valence-corrected chi connectivity index (χ0v) is 21.1. The quantitative estimate of drug-likeness (QED) is 0.0989. The number of nitrogens with zero attached hydrogens (tertiary/aromatic N) is 2. The van der Waals surface area contributed by atoms with Crippen molar-refractivity contribution in [3.63, 3.8) is 0 Å². The molecule has 0 bridgehead atoms. The Balaban J connectivity index is 0.00000529. The van der Waals surface area contributed by atoms with Gasteiger partial charge in [0.05, 0.1) is 23.0 Å². The van der Waals surface area contributed by atoms with Crippen LogP contribution in [-0.4, -0.2) is 41.5 Å². The molecule has 2 N–H and O–H groups in total. The fraction of sp³-hybridized carbons (Fsp3) is 0.370. The van der Waals surface area contributed by atoms with E-state index in [1.807, 2.05) is 19.9 Å². The summed E-state index contributed by atoms with van der Waals surface area (Å²) in [6.45, 7) is 18.3. The number of carbonyl (C=O) groups is 2. The van der Waals surface area contributed by atoms with Gasteiger partial charge in [0.2, 0.25) is 5.91 Å². The number of ether oxygens (including phenoxy) is 1. The summed E-state index contributed by atoms with van der Waals surface area (Å²) in [6, 6.07) is 6.37. The van der Waals surface area contributed by atoms with E-state index < -0.39 is 11.9 Å². The van der Waals surface area contributed by atoms with Crippen molar-refractivity contribution in [1.29, 1.82) is 0 Å². The summed E-state index contributed by atoms with van der Waals surface area (Å²) in [5, 5.41) is 17.9. The molecule has 1 rings (SSSR count). The van der Waals surface area contributed by atoms with Gasteiger partial charge in [0.1, 0.15) is 0 Å². The van der Waals surface area contributed by atoms with Crippen molar-refractivity contribution >= 4 is 17.6 Å². The number of hydrogen-bond donors (Lipinski definition) is 2. The van der Waals surface area contributed by atoms with E-state index in [0.29, 0.717) is 5.71 Å². The second-order valence-electron chi connectivity index (χ2n) is 7.43. The first-order valence-electron chi connectivity index (χ1n) is 11.2.